The quantitative estimate of drug-likeness (QED) is 0.540. The highest BCUT2D eigenvalue weighted by Gasteiger charge is 2.21. The summed E-state index contributed by atoms with van der Waals surface area (Å²) >= 11 is 6.03. The lowest BCUT2D eigenvalue weighted by Crippen LogP contribution is -2.31. The first-order chi connectivity index (χ1) is 14.2. The number of halogens is 1. The van der Waals surface area contributed by atoms with E-state index in [2.05, 4.69) is 20.3 Å². The fourth-order valence-electron chi connectivity index (χ4n) is 2.48. The van der Waals surface area contributed by atoms with E-state index in [0.29, 0.717) is 27.9 Å². The average molecular weight is 424 g/mol. The van der Waals surface area contributed by atoms with Gasteiger partial charge < -0.3 is 10.4 Å². The van der Waals surface area contributed by atoms with Crippen LogP contribution in [0.25, 0.3) is 0 Å². The number of amides is 2. The minimum Gasteiger partial charge on any atom is -0.385 e. The molecule has 2 amide bonds. The van der Waals surface area contributed by atoms with Crippen molar-refractivity contribution < 1.29 is 9.90 Å². The monoisotopic (exact) mass is 423 g/mol. The first kappa shape index (κ1) is 21.4. The highest BCUT2D eigenvalue weighted by atomic mass is 35.5. The first-order valence-electron chi connectivity index (χ1n) is 9.27. The van der Waals surface area contributed by atoms with Gasteiger partial charge in [-0.2, -0.15) is 4.98 Å². The molecule has 7 nitrogen and oxygen atoms in total. The number of hydrogen-bond acceptors (Lipinski definition) is 5. The third kappa shape index (κ3) is 5.40. The van der Waals surface area contributed by atoms with E-state index in [1.54, 1.807) is 63.2 Å². The number of anilines is 3. The van der Waals surface area contributed by atoms with E-state index in [9.17, 15) is 9.90 Å². The van der Waals surface area contributed by atoms with E-state index in [0.717, 1.165) is 0 Å². The standard InChI is InChI=1S/C22H22ClN5O2/c1-15(22(2,3)30)25-20-24-13-12-19(27-20)28(18-10-5-4-6-11-18)21(29)26-17-9-7-8-16(23)14-17/h4-14,30H,1-3H3,(H,26,29). The minimum absolute atomic E-state index is 0.142. The van der Waals surface area contributed by atoms with Crippen LogP contribution >= 0.6 is 11.6 Å². The maximum absolute atomic E-state index is 13.2. The smallest absolute Gasteiger partial charge is 0.332 e. The van der Waals surface area contributed by atoms with Crippen molar-refractivity contribution in [1.82, 2.24) is 9.97 Å². The van der Waals surface area contributed by atoms with E-state index in [4.69, 9.17) is 11.6 Å². The summed E-state index contributed by atoms with van der Waals surface area (Å²) in [4.78, 5) is 27.4. The molecule has 0 unspecified atom stereocenters. The summed E-state index contributed by atoms with van der Waals surface area (Å²) in [6.45, 7) is 4.95. The van der Waals surface area contributed by atoms with Crippen LogP contribution in [0.15, 0.2) is 71.9 Å². The van der Waals surface area contributed by atoms with E-state index in [1.807, 2.05) is 18.2 Å². The Morgan fingerprint density at radius 1 is 1.13 bits per heavy atom. The Morgan fingerprint density at radius 3 is 2.53 bits per heavy atom. The van der Waals surface area contributed by atoms with Crippen molar-refractivity contribution in [3.05, 3.63) is 71.9 Å². The van der Waals surface area contributed by atoms with Crippen LogP contribution in [0.5, 0.6) is 0 Å². The largest absolute Gasteiger partial charge is 0.385 e. The van der Waals surface area contributed by atoms with Crippen LogP contribution in [0, 0.1) is 0 Å². The van der Waals surface area contributed by atoms with Crippen molar-refractivity contribution in [2.75, 3.05) is 10.2 Å². The Bertz CT molecular complexity index is 1060. The zero-order valence-electron chi connectivity index (χ0n) is 16.9. The normalized spacial score (nSPS) is 11.8. The third-order valence-corrected chi connectivity index (χ3v) is 4.54. The van der Waals surface area contributed by atoms with Crippen molar-refractivity contribution >= 4 is 46.5 Å². The SMILES string of the molecule is CC(=Nc1nccc(N(C(=O)Nc2cccc(Cl)c2)c2ccccc2)n1)C(C)(C)O. The zero-order valence-corrected chi connectivity index (χ0v) is 17.6. The van der Waals surface area contributed by atoms with Crippen LogP contribution in [0.3, 0.4) is 0 Å². The Hall–Kier alpha value is -3.29. The van der Waals surface area contributed by atoms with Gasteiger partial charge in [0.2, 0.25) is 0 Å². The van der Waals surface area contributed by atoms with E-state index >= 15 is 0 Å². The molecule has 0 saturated heterocycles. The maximum atomic E-state index is 13.2. The number of nitrogens with one attached hydrogen (secondary N) is 1. The third-order valence-electron chi connectivity index (χ3n) is 4.30. The van der Waals surface area contributed by atoms with Gasteiger partial charge in [0.1, 0.15) is 5.82 Å². The number of aliphatic hydroxyl groups is 1. The van der Waals surface area contributed by atoms with Gasteiger partial charge in [-0.15, -0.1) is 0 Å². The Balaban J connectivity index is 1.99. The van der Waals surface area contributed by atoms with Crippen molar-refractivity contribution in [3.8, 4) is 0 Å². The van der Waals surface area contributed by atoms with Gasteiger partial charge in [-0.3, -0.25) is 0 Å². The second kappa shape index (κ2) is 9.02. The molecule has 3 aromatic rings. The summed E-state index contributed by atoms with van der Waals surface area (Å²) < 4.78 is 0. The molecule has 3 rings (SSSR count). The number of aliphatic imine (C=N–C) groups is 1. The van der Waals surface area contributed by atoms with Crippen LogP contribution in [-0.2, 0) is 0 Å². The average Bonchev–Trinajstić information content (AvgIpc) is 2.68. The molecule has 2 N–H and O–H groups in total. The number of benzene rings is 2. The summed E-state index contributed by atoms with van der Waals surface area (Å²) in [5.74, 6) is 0.474. The fraction of sp³-hybridized carbons (Fsp3) is 0.182. The Labute approximate surface area is 180 Å². The van der Waals surface area contributed by atoms with Gasteiger partial charge in [-0.05, 0) is 51.1 Å². The number of carbonyl (C=O) groups is 1. The molecule has 0 spiro atoms. The summed E-state index contributed by atoms with van der Waals surface area (Å²) in [5, 5.41) is 13.5. The number of urea groups is 1. The van der Waals surface area contributed by atoms with E-state index < -0.39 is 11.6 Å². The van der Waals surface area contributed by atoms with Crippen molar-refractivity contribution in [1.29, 1.82) is 0 Å². The molecular formula is C22H22ClN5O2. The molecule has 0 radical (unpaired) electrons. The molecule has 0 atom stereocenters. The van der Waals surface area contributed by atoms with Gasteiger partial charge >= 0.3 is 6.03 Å². The lowest BCUT2D eigenvalue weighted by Gasteiger charge is -2.22. The maximum Gasteiger partial charge on any atom is 0.332 e. The summed E-state index contributed by atoms with van der Waals surface area (Å²) in [7, 11) is 0. The fourth-order valence-corrected chi connectivity index (χ4v) is 2.67. The van der Waals surface area contributed by atoms with Crippen LogP contribution in [-0.4, -0.2) is 32.4 Å². The predicted octanol–water partition coefficient (Wildman–Crippen LogP) is 5.36. The number of aromatic nitrogens is 2. The molecule has 0 saturated carbocycles. The van der Waals surface area contributed by atoms with Crippen LogP contribution in [0.1, 0.15) is 20.8 Å². The summed E-state index contributed by atoms with van der Waals surface area (Å²) in [6, 6.07) is 17.2. The van der Waals surface area contributed by atoms with Crippen LogP contribution in [0.4, 0.5) is 27.9 Å². The zero-order chi connectivity index (χ0) is 21.7. The van der Waals surface area contributed by atoms with Crippen molar-refractivity contribution in [3.63, 3.8) is 0 Å². The van der Waals surface area contributed by atoms with E-state index in [1.165, 1.54) is 11.1 Å². The number of nitrogens with zero attached hydrogens (tertiary/aromatic N) is 4. The van der Waals surface area contributed by atoms with Gasteiger partial charge in [0.25, 0.3) is 5.95 Å². The number of hydrogen-bond donors (Lipinski definition) is 2. The molecule has 0 fully saturated rings. The molecule has 8 heteroatoms. The molecule has 1 aromatic heterocycles. The topological polar surface area (TPSA) is 90.7 Å². The van der Waals surface area contributed by atoms with Gasteiger partial charge in [0, 0.05) is 28.7 Å². The molecule has 0 aliphatic heterocycles. The van der Waals surface area contributed by atoms with E-state index in [-0.39, 0.29) is 5.95 Å². The predicted molar refractivity (Wildman–Crippen MR) is 120 cm³/mol. The molecular weight excluding hydrogens is 402 g/mol. The van der Waals surface area contributed by atoms with Crippen LogP contribution in [0.2, 0.25) is 5.02 Å². The summed E-state index contributed by atoms with van der Waals surface area (Å²) in [5.41, 5.74) is 0.514. The Kier molecular flexibility index (Phi) is 6.44. The molecule has 154 valence electrons. The lowest BCUT2D eigenvalue weighted by molar-refractivity contribution is 0.153. The number of rotatable bonds is 5. The van der Waals surface area contributed by atoms with Crippen molar-refractivity contribution in [2.24, 2.45) is 4.99 Å². The molecule has 30 heavy (non-hydrogen) atoms. The van der Waals surface area contributed by atoms with Gasteiger partial charge in [-0.25, -0.2) is 19.7 Å². The van der Waals surface area contributed by atoms with Gasteiger partial charge in [0.05, 0.1) is 11.3 Å². The number of carbonyl (C=O) groups excluding carboxylic acids is 1. The highest BCUT2D eigenvalue weighted by Crippen LogP contribution is 2.26. The van der Waals surface area contributed by atoms with Crippen molar-refractivity contribution in [2.45, 2.75) is 26.4 Å². The highest BCUT2D eigenvalue weighted by molar-refractivity contribution is 6.31. The Morgan fingerprint density at radius 2 is 1.87 bits per heavy atom. The molecule has 1 heterocycles. The van der Waals surface area contributed by atoms with Gasteiger partial charge in [0.15, 0.2) is 0 Å². The lowest BCUT2D eigenvalue weighted by atomic mass is 10.1. The second-order valence-corrected chi connectivity index (χ2v) is 7.52. The summed E-state index contributed by atoms with van der Waals surface area (Å²) in [6.07, 6.45) is 1.52. The van der Waals surface area contributed by atoms with Gasteiger partial charge in [-0.1, -0.05) is 35.9 Å². The molecule has 2 aromatic carbocycles. The molecule has 0 aliphatic carbocycles. The molecule has 0 aliphatic rings. The molecule has 0 bridgehead atoms. The first-order valence-corrected chi connectivity index (χ1v) is 9.65. The minimum atomic E-state index is -1.11. The van der Waals surface area contributed by atoms with Crippen LogP contribution < -0.4 is 10.2 Å². The second-order valence-electron chi connectivity index (χ2n) is 7.08. The number of para-hydroxylation sites is 1.